The van der Waals surface area contributed by atoms with Gasteiger partial charge in [-0.1, -0.05) is 30.3 Å². The molecule has 0 spiro atoms. The Balaban J connectivity index is 1.55. The van der Waals surface area contributed by atoms with Crippen LogP contribution in [0, 0.1) is 0 Å². The zero-order valence-corrected chi connectivity index (χ0v) is 19.9. The minimum atomic E-state index is -3.99. The largest absolute Gasteiger partial charge is 0.497 e. The molecule has 2 heterocycles. The molecule has 1 aliphatic heterocycles. The van der Waals surface area contributed by atoms with E-state index in [4.69, 9.17) is 14.2 Å². The van der Waals surface area contributed by atoms with Crippen LogP contribution < -0.4 is 19.8 Å². The third kappa shape index (κ3) is 4.73. The number of nitrogens with one attached hydrogen (secondary N) is 1. The summed E-state index contributed by atoms with van der Waals surface area (Å²) >= 11 is 0. The molecule has 180 valence electrons. The van der Waals surface area contributed by atoms with E-state index in [1.54, 1.807) is 31.4 Å². The van der Waals surface area contributed by atoms with Gasteiger partial charge < -0.3 is 19.2 Å². The molecule has 0 unspecified atom stereocenters. The first-order chi connectivity index (χ1) is 16.9. The topological polar surface area (TPSA) is 97.9 Å². The number of methoxy groups -OCH3 is 1. The minimum absolute atomic E-state index is 0.0691. The molecule has 4 aromatic rings. The number of sulfonamides is 1. The molecular formula is C26H24N2O6S. The van der Waals surface area contributed by atoms with E-state index in [0.717, 1.165) is 10.9 Å². The SMILES string of the molecule is COc1ccc2cc(CN(Cc3ccccc3)S(=O)(=O)c3ccc4c(c3)OCCO4)c(=O)[nH]c2c1. The summed E-state index contributed by atoms with van der Waals surface area (Å²) in [6, 6.07) is 20.9. The van der Waals surface area contributed by atoms with Crippen molar-refractivity contribution < 1.29 is 22.6 Å². The van der Waals surface area contributed by atoms with E-state index in [1.807, 2.05) is 36.4 Å². The number of aromatic amines is 1. The van der Waals surface area contributed by atoms with Crippen LogP contribution in [0.2, 0.25) is 0 Å². The first-order valence-corrected chi connectivity index (χ1v) is 12.5. The fraction of sp³-hybridized carbons (Fsp3) is 0.192. The Morgan fingerprint density at radius 3 is 2.46 bits per heavy atom. The molecule has 0 saturated heterocycles. The standard InChI is InChI=1S/C26H24N2O6S/c1-32-21-8-7-19-13-20(26(29)27-23(19)14-21)17-28(16-18-5-3-2-4-6-18)35(30,31)22-9-10-24-25(15-22)34-12-11-33-24/h2-10,13-15H,11-12,16-17H2,1H3,(H,27,29). The zero-order chi connectivity index (χ0) is 24.4. The maximum atomic E-state index is 13.8. The predicted molar refractivity (Wildman–Crippen MR) is 131 cm³/mol. The number of benzene rings is 3. The lowest BCUT2D eigenvalue weighted by Gasteiger charge is -2.24. The molecule has 8 nitrogen and oxygen atoms in total. The summed E-state index contributed by atoms with van der Waals surface area (Å²) in [5, 5.41) is 0.775. The Kier molecular flexibility index (Phi) is 6.19. The van der Waals surface area contributed by atoms with Crippen molar-refractivity contribution in [3.63, 3.8) is 0 Å². The Hall–Kier alpha value is -3.82. The smallest absolute Gasteiger partial charge is 0.252 e. The van der Waals surface area contributed by atoms with Crippen molar-refractivity contribution in [1.82, 2.24) is 9.29 Å². The molecule has 0 radical (unpaired) electrons. The van der Waals surface area contributed by atoms with E-state index in [-0.39, 0.29) is 23.5 Å². The summed E-state index contributed by atoms with van der Waals surface area (Å²) in [5.74, 6) is 1.51. The molecule has 3 aromatic carbocycles. The first-order valence-electron chi connectivity index (χ1n) is 11.1. The zero-order valence-electron chi connectivity index (χ0n) is 19.1. The molecule has 1 N–H and O–H groups in total. The summed E-state index contributed by atoms with van der Waals surface area (Å²) in [4.78, 5) is 15.8. The van der Waals surface area contributed by atoms with E-state index in [0.29, 0.717) is 41.5 Å². The molecule has 0 aliphatic carbocycles. The van der Waals surface area contributed by atoms with Crippen LogP contribution in [-0.2, 0) is 23.1 Å². The molecule has 0 amide bonds. The van der Waals surface area contributed by atoms with Gasteiger partial charge in [-0.3, -0.25) is 4.79 Å². The Morgan fingerprint density at radius 2 is 1.69 bits per heavy atom. The highest BCUT2D eigenvalue weighted by molar-refractivity contribution is 7.89. The maximum Gasteiger partial charge on any atom is 0.252 e. The monoisotopic (exact) mass is 492 g/mol. The quantitative estimate of drug-likeness (QED) is 0.423. The van der Waals surface area contributed by atoms with Gasteiger partial charge in [0, 0.05) is 30.8 Å². The molecule has 35 heavy (non-hydrogen) atoms. The Morgan fingerprint density at radius 1 is 0.914 bits per heavy atom. The van der Waals surface area contributed by atoms with Crippen LogP contribution in [0.15, 0.2) is 82.5 Å². The predicted octanol–water partition coefficient (Wildman–Crippen LogP) is 3.70. The number of fused-ring (bicyclic) bond motifs is 2. The summed E-state index contributed by atoms with van der Waals surface area (Å²) in [5.41, 5.74) is 1.39. The van der Waals surface area contributed by atoms with Crippen molar-refractivity contribution in [2.45, 2.75) is 18.0 Å². The van der Waals surface area contributed by atoms with Gasteiger partial charge in [0.2, 0.25) is 10.0 Å². The molecule has 1 aromatic heterocycles. The van der Waals surface area contributed by atoms with Gasteiger partial charge in [0.15, 0.2) is 11.5 Å². The second-order valence-electron chi connectivity index (χ2n) is 8.14. The maximum absolute atomic E-state index is 13.8. The average Bonchev–Trinajstić information content (AvgIpc) is 2.88. The first kappa shape index (κ1) is 22.9. The van der Waals surface area contributed by atoms with Gasteiger partial charge in [0.1, 0.15) is 19.0 Å². The fourth-order valence-corrected chi connectivity index (χ4v) is 5.43. The third-order valence-corrected chi connectivity index (χ3v) is 7.62. The van der Waals surface area contributed by atoms with Gasteiger partial charge in [0.05, 0.1) is 17.5 Å². The van der Waals surface area contributed by atoms with Crippen molar-refractivity contribution in [2.24, 2.45) is 0 Å². The number of rotatable bonds is 7. The third-order valence-electron chi connectivity index (χ3n) is 5.83. The van der Waals surface area contributed by atoms with E-state index in [1.165, 1.54) is 16.4 Å². The fourth-order valence-electron chi connectivity index (χ4n) is 4.01. The molecule has 0 saturated carbocycles. The van der Waals surface area contributed by atoms with Gasteiger partial charge in [-0.15, -0.1) is 0 Å². The number of pyridine rings is 1. The minimum Gasteiger partial charge on any atom is -0.497 e. The second kappa shape index (κ2) is 9.44. The molecule has 5 rings (SSSR count). The van der Waals surface area contributed by atoms with Gasteiger partial charge >= 0.3 is 0 Å². The number of hydrogen-bond donors (Lipinski definition) is 1. The summed E-state index contributed by atoms with van der Waals surface area (Å²) in [6.07, 6.45) is 0. The van der Waals surface area contributed by atoms with Gasteiger partial charge in [-0.2, -0.15) is 4.31 Å². The normalized spacial score (nSPS) is 13.2. The lowest BCUT2D eigenvalue weighted by atomic mass is 10.1. The van der Waals surface area contributed by atoms with Crippen LogP contribution in [0.1, 0.15) is 11.1 Å². The lowest BCUT2D eigenvalue weighted by molar-refractivity contribution is 0.171. The number of hydrogen-bond acceptors (Lipinski definition) is 6. The number of nitrogens with zero attached hydrogens (tertiary/aromatic N) is 1. The molecule has 0 atom stereocenters. The molecule has 0 bridgehead atoms. The van der Waals surface area contributed by atoms with Crippen molar-refractivity contribution in [1.29, 1.82) is 0 Å². The van der Waals surface area contributed by atoms with Crippen molar-refractivity contribution in [3.05, 3.63) is 94.3 Å². The molecule has 0 fully saturated rings. The summed E-state index contributed by atoms with van der Waals surface area (Å²) < 4.78 is 45.2. The van der Waals surface area contributed by atoms with Crippen LogP contribution >= 0.6 is 0 Å². The summed E-state index contributed by atoms with van der Waals surface area (Å²) in [6.45, 7) is 0.748. The van der Waals surface area contributed by atoms with E-state index < -0.39 is 10.0 Å². The molecule has 9 heteroatoms. The average molecular weight is 493 g/mol. The molecular weight excluding hydrogens is 468 g/mol. The highest BCUT2D eigenvalue weighted by Crippen LogP contribution is 2.34. The van der Waals surface area contributed by atoms with E-state index in [2.05, 4.69) is 4.98 Å². The Labute approximate surface area is 202 Å². The highest BCUT2D eigenvalue weighted by atomic mass is 32.2. The van der Waals surface area contributed by atoms with Crippen LogP contribution in [0.3, 0.4) is 0 Å². The van der Waals surface area contributed by atoms with Gasteiger partial charge in [0.25, 0.3) is 5.56 Å². The van der Waals surface area contributed by atoms with Crippen molar-refractivity contribution in [2.75, 3.05) is 20.3 Å². The Bertz CT molecular complexity index is 1530. The van der Waals surface area contributed by atoms with Crippen LogP contribution in [0.5, 0.6) is 17.2 Å². The lowest BCUT2D eigenvalue weighted by Crippen LogP contribution is -2.32. The van der Waals surface area contributed by atoms with Gasteiger partial charge in [-0.25, -0.2) is 8.42 Å². The summed E-state index contributed by atoms with van der Waals surface area (Å²) in [7, 11) is -2.43. The van der Waals surface area contributed by atoms with E-state index >= 15 is 0 Å². The van der Waals surface area contributed by atoms with Crippen LogP contribution in [0.25, 0.3) is 10.9 Å². The van der Waals surface area contributed by atoms with Crippen molar-refractivity contribution >= 4 is 20.9 Å². The van der Waals surface area contributed by atoms with Crippen LogP contribution in [0.4, 0.5) is 0 Å². The molecule has 1 aliphatic rings. The highest BCUT2D eigenvalue weighted by Gasteiger charge is 2.28. The second-order valence-corrected chi connectivity index (χ2v) is 10.1. The van der Waals surface area contributed by atoms with Crippen LogP contribution in [-0.4, -0.2) is 38.0 Å². The van der Waals surface area contributed by atoms with E-state index in [9.17, 15) is 13.2 Å². The van der Waals surface area contributed by atoms with Crippen molar-refractivity contribution in [3.8, 4) is 17.2 Å². The number of aromatic nitrogens is 1. The number of H-pyrrole nitrogens is 1. The van der Waals surface area contributed by atoms with Gasteiger partial charge in [-0.05, 0) is 41.3 Å². The number of ether oxygens (including phenoxy) is 3.